The van der Waals surface area contributed by atoms with Crippen molar-refractivity contribution in [2.75, 3.05) is 10.6 Å². The maximum absolute atomic E-state index is 5.83. The van der Waals surface area contributed by atoms with Crippen molar-refractivity contribution in [3.63, 3.8) is 0 Å². The van der Waals surface area contributed by atoms with E-state index < -0.39 is 0 Å². The molecule has 2 heterocycles. The van der Waals surface area contributed by atoms with Gasteiger partial charge in [-0.2, -0.15) is 11.3 Å². The smallest absolute Gasteiger partial charge is 0.149 e. The lowest BCUT2D eigenvalue weighted by molar-refractivity contribution is 0.775. The van der Waals surface area contributed by atoms with Crippen molar-refractivity contribution < 1.29 is 0 Å². The summed E-state index contributed by atoms with van der Waals surface area (Å²) in [5.74, 6) is 1.40. The molecular weight excluding hydrogens is 312 g/mol. The van der Waals surface area contributed by atoms with E-state index in [2.05, 4.69) is 47.6 Å². The zero-order chi connectivity index (χ0) is 12.5. The molecule has 6 heteroatoms. The van der Waals surface area contributed by atoms with Crippen molar-refractivity contribution in [2.24, 2.45) is 0 Å². The molecular formula is C12H13BrN4S. The summed E-state index contributed by atoms with van der Waals surface area (Å²) in [4.78, 5) is 10.7. The van der Waals surface area contributed by atoms with E-state index in [9.17, 15) is 0 Å². The molecule has 0 radical (unpaired) electrons. The fraction of sp³-hybridized carbons (Fsp3) is 0.333. The Balaban J connectivity index is 1.91. The van der Waals surface area contributed by atoms with E-state index in [4.69, 9.17) is 5.73 Å². The first-order valence-electron chi connectivity index (χ1n) is 5.79. The number of anilines is 2. The minimum absolute atomic E-state index is 0.496. The van der Waals surface area contributed by atoms with Crippen molar-refractivity contribution in [3.8, 4) is 0 Å². The number of halogens is 1. The van der Waals surface area contributed by atoms with Crippen LogP contribution in [0.3, 0.4) is 0 Å². The lowest BCUT2D eigenvalue weighted by Gasteiger charge is -2.24. The summed E-state index contributed by atoms with van der Waals surface area (Å²) in [7, 11) is 0. The Kier molecular flexibility index (Phi) is 3.22. The summed E-state index contributed by atoms with van der Waals surface area (Å²) < 4.78 is 0.798. The highest BCUT2D eigenvalue weighted by molar-refractivity contribution is 9.10. The van der Waals surface area contributed by atoms with E-state index in [1.807, 2.05) is 0 Å². The Hall–Kier alpha value is -1.14. The molecule has 94 valence electrons. The van der Waals surface area contributed by atoms with E-state index in [1.165, 1.54) is 24.7 Å². The summed E-state index contributed by atoms with van der Waals surface area (Å²) in [6, 6.07) is 2.73. The standard InChI is InChI=1S/C12H13BrN4S/c13-10-11(14)15-7-16-12(10)17(9-1-2-9)5-8-3-4-18-6-8/h3-4,6-7,9H,1-2,5H2,(H2,14,15,16). The van der Waals surface area contributed by atoms with E-state index in [0.29, 0.717) is 11.9 Å². The van der Waals surface area contributed by atoms with Crippen LogP contribution in [0.4, 0.5) is 11.6 Å². The fourth-order valence-electron chi connectivity index (χ4n) is 1.92. The minimum Gasteiger partial charge on any atom is -0.383 e. The van der Waals surface area contributed by atoms with Crippen LogP contribution in [0.1, 0.15) is 18.4 Å². The normalized spacial score (nSPS) is 14.7. The molecule has 2 N–H and O–H groups in total. The monoisotopic (exact) mass is 324 g/mol. The largest absolute Gasteiger partial charge is 0.383 e. The van der Waals surface area contributed by atoms with Crippen LogP contribution in [0, 0.1) is 0 Å². The first-order chi connectivity index (χ1) is 8.75. The molecule has 2 aromatic heterocycles. The Morgan fingerprint density at radius 2 is 2.28 bits per heavy atom. The van der Waals surface area contributed by atoms with Gasteiger partial charge in [0, 0.05) is 12.6 Å². The van der Waals surface area contributed by atoms with E-state index in [-0.39, 0.29) is 0 Å². The molecule has 4 nitrogen and oxygen atoms in total. The van der Waals surface area contributed by atoms with Gasteiger partial charge in [0.1, 0.15) is 22.4 Å². The molecule has 0 aromatic carbocycles. The van der Waals surface area contributed by atoms with Gasteiger partial charge in [-0.1, -0.05) is 0 Å². The number of hydrogen-bond donors (Lipinski definition) is 1. The zero-order valence-corrected chi connectivity index (χ0v) is 12.1. The molecule has 0 aliphatic heterocycles. The van der Waals surface area contributed by atoms with Gasteiger partial charge in [-0.3, -0.25) is 0 Å². The van der Waals surface area contributed by atoms with Gasteiger partial charge in [0.15, 0.2) is 0 Å². The lowest BCUT2D eigenvalue weighted by Crippen LogP contribution is -2.26. The van der Waals surface area contributed by atoms with Crippen LogP contribution in [-0.2, 0) is 6.54 Å². The van der Waals surface area contributed by atoms with Gasteiger partial charge in [0.05, 0.1) is 0 Å². The number of rotatable bonds is 4. The van der Waals surface area contributed by atoms with Gasteiger partial charge < -0.3 is 10.6 Å². The number of nitrogens with two attached hydrogens (primary N) is 1. The van der Waals surface area contributed by atoms with E-state index >= 15 is 0 Å². The highest BCUT2D eigenvalue weighted by atomic mass is 79.9. The second kappa shape index (κ2) is 4.85. The molecule has 0 saturated heterocycles. The molecule has 18 heavy (non-hydrogen) atoms. The topological polar surface area (TPSA) is 55.0 Å². The Bertz CT molecular complexity index is 539. The van der Waals surface area contributed by atoms with Crippen LogP contribution in [0.15, 0.2) is 27.6 Å². The number of hydrogen-bond acceptors (Lipinski definition) is 5. The average Bonchev–Trinajstić information content (AvgIpc) is 3.08. The van der Waals surface area contributed by atoms with Gasteiger partial charge in [-0.15, -0.1) is 0 Å². The first-order valence-corrected chi connectivity index (χ1v) is 7.53. The third-order valence-electron chi connectivity index (χ3n) is 2.99. The minimum atomic E-state index is 0.496. The maximum atomic E-state index is 5.83. The Morgan fingerprint density at radius 3 is 2.94 bits per heavy atom. The van der Waals surface area contributed by atoms with Crippen LogP contribution in [0.2, 0.25) is 0 Å². The predicted octanol–water partition coefficient (Wildman–Crippen LogP) is 3.05. The van der Waals surface area contributed by atoms with Gasteiger partial charge >= 0.3 is 0 Å². The summed E-state index contributed by atoms with van der Waals surface area (Å²) in [5, 5.41) is 4.28. The molecule has 1 aliphatic carbocycles. The van der Waals surface area contributed by atoms with Crippen molar-refractivity contribution in [2.45, 2.75) is 25.4 Å². The second-order valence-electron chi connectivity index (χ2n) is 4.39. The fourth-order valence-corrected chi connectivity index (χ4v) is 3.01. The van der Waals surface area contributed by atoms with Gasteiger partial charge in [-0.05, 0) is 51.2 Å². The molecule has 1 saturated carbocycles. The van der Waals surface area contributed by atoms with E-state index in [0.717, 1.165) is 16.8 Å². The Labute approximate surface area is 118 Å². The van der Waals surface area contributed by atoms with Gasteiger partial charge in [0.25, 0.3) is 0 Å². The lowest BCUT2D eigenvalue weighted by atomic mass is 10.3. The zero-order valence-electron chi connectivity index (χ0n) is 9.71. The van der Waals surface area contributed by atoms with Crippen LogP contribution in [0.5, 0.6) is 0 Å². The molecule has 0 bridgehead atoms. The second-order valence-corrected chi connectivity index (χ2v) is 5.96. The van der Waals surface area contributed by atoms with Crippen molar-refractivity contribution in [1.82, 2.24) is 9.97 Å². The third-order valence-corrected chi connectivity index (χ3v) is 4.48. The molecule has 0 amide bonds. The van der Waals surface area contributed by atoms with Gasteiger partial charge in [0.2, 0.25) is 0 Å². The van der Waals surface area contributed by atoms with E-state index in [1.54, 1.807) is 11.3 Å². The highest BCUT2D eigenvalue weighted by Gasteiger charge is 2.31. The number of nitrogen functional groups attached to an aromatic ring is 1. The van der Waals surface area contributed by atoms with Crippen molar-refractivity contribution in [1.29, 1.82) is 0 Å². The summed E-state index contributed by atoms with van der Waals surface area (Å²) in [6.45, 7) is 0.878. The molecule has 0 atom stereocenters. The first kappa shape index (κ1) is 11.9. The molecule has 1 fully saturated rings. The summed E-state index contributed by atoms with van der Waals surface area (Å²) >= 11 is 5.21. The molecule has 2 aromatic rings. The third kappa shape index (κ3) is 2.35. The maximum Gasteiger partial charge on any atom is 0.149 e. The summed E-state index contributed by atoms with van der Waals surface area (Å²) in [5.41, 5.74) is 7.15. The van der Waals surface area contributed by atoms with Crippen LogP contribution < -0.4 is 10.6 Å². The summed E-state index contributed by atoms with van der Waals surface area (Å²) in [6.07, 6.45) is 3.97. The average molecular weight is 325 g/mol. The van der Waals surface area contributed by atoms with Crippen LogP contribution in [-0.4, -0.2) is 16.0 Å². The number of thiophene rings is 1. The number of aromatic nitrogens is 2. The quantitative estimate of drug-likeness (QED) is 0.939. The molecule has 0 unspecified atom stereocenters. The van der Waals surface area contributed by atoms with Crippen molar-refractivity contribution >= 4 is 38.9 Å². The molecule has 0 spiro atoms. The highest BCUT2D eigenvalue weighted by Crippen LogP contribution is 2.37. The van der Waals surface area contributed by atoms with Gasteiger partial charge in [-0.25, -0.2) is 9.97 Å². The predicted molar refractivity (Wildman–Crippen MR) is 77.7 cm³/mol. The Morgan fingerprint density at radius 1 is 1.44 bits per heavy atom. The van der Waals surface area contributed by atoms with Crippen LogP contribution >= 0.6 is 27.3 Å². The van der Waals surface area contributed by atoms with Crippen molar-refractivity contribution in [3.05, 3.63) is 33.2 Å². The molecule has 1 aliphatic rings. The molecule has 3 rings (SSSR count). The SMILES string of the molecule is Nc1ncnc(N(Cc2ccsc2)C2CC2)c1Br. The number of nitrogens with zero attached hydrogens (tertiary/aromatic N) is 3. The van der Waals surface area contributed by atoms with Crippen LogP contribution in [0.25, 0.3) is 0 Å².